The van der Waals surface area contributed by atoms with Gasteiger partial charge in [0.15, 0.2) is 0 Å². The van der Waals surface area contributed by atoms with Gasteiger partial charge in [0.05, 0.1) is 0 Å². The molecule has 1 N–H and O–H groups in total. The molecule has 0 fully saturated rings. The van der Waals surface area contributed by atoms with Crippen molar-refractivity contribution >= 4 is 18.4 Å². The number of allylic oxidation sites excluding steroid dienone is 1. The Morgan fingerprint density at radius 1 is 0.654 bits per heavy atom. The summed E-state index contributed by atoms with van der Waals surface area (Å²) in [6.07, 6.45) is 21.5. The molecule has 1 nitrogen and oxygen atoms in total. The van der Waals surface area contributed by atoms with Crippen LogP contribution in [0.25, 0.3) is 0 Å². The van der Waals surface area contributed by atoms with Gasteiger partial charge in [0.1, 0.15) is 0 Å². The molecule has 2 heteroatoms. The molecule has 0 unspecified atom stereocenters. The van der Waals surface area contributed by atoms with E-state index in [1.54, 1.807) is 13.3 Å². The molecule has 0 aromatic heterocycles. The number of aliphatic hydroxyl groups excluding tert-OH is 1. The van der Waals surface area contributed by atoms with Crippen LogP contribution in [-0.4, -0.2) is 30.1 Å². The summed E-state index contributed by atoms with van der Waals surface area (Å²) in [5.41, 5.74) is 0. The molecule has 0 atom stereocenters. The Hall–Kier alpha value is 0.499. The summed E-state index contributed by atoms with van der Waals surface area (Å²) in [5, 5.41) is 9.46. The molecular weight excluding hydrogens is 423 g/mol. The molecule has 0 bridgehead atoms. The maximum absolute atomic E-state index is 9.46. The molecule has 0 aliphatic heterocycles. The molecule has 0 aromatic rings. The molecule has 0 aromatic carbocycles. The fourth-order valence-corrected chi connectivity index (χ4v) is 21.7. The zero-order valence-electron chi connectivity index (χ0n) is 18.8. The summed E-state index contributed by atoms with van der Waals surface area (Å²) in [5.74, 6) is 0. The van der Waals surface area contributed by atoms with E-state index in [-0.39, 0.29) is 0 Å². The second-order valence-corrected chi connectivity index (χ2v) is 21.8. The van der Waals surface area contributed by atoms with Crippen molar-refractivity contribution in [1.82, 2.24) is 0 Å². The molecule has 0 amide bonds. The first-order chi connectivity index (χ1) is 12.7. The average Bonchev–Trinajstić information content (AvgIpc) is 2.67. The number of unbranched alkanes of at least 4 members (excludes halogenated alkanes) is 8. The Morgan fingerprint density at radius 2 is 1.12 bits per heavy atom. The Balaban J connectivity index is 5.12. The summed E-state index contributed by atoms with van der Waals surface area (Å²) in [6, 6.07) is 0. The van der Waals surface area contributed by atoms with Crippen molar-refractivity contribution in [2.24, 2.45) is 0 Å². The first-order valence-corrected chi connectivity index (χ1v) is 19.5. The van der Waals surface area contributed by atoms with E-state index in [0.29, 0.717) is 6.61 Å². The van der Waals surface area contributed by atoms with Crippen LogP contribution in [0.15, 0.2) is 9.67 Å². The van der Waals surface area contributed by atoms with Crippen LogP contribution >= 0.6 is 0 Å². The van der Waals surface area contributed by atoms with E-state index in [2.05, 4.69) is 33.8 Å². The summed E-state index contributed by atoms with van der Waals surface area (Å²) in [7, 11) is 0. The molecule has 0 spiro atoms. The zero-order chi connectivity index (χ0) is 19.5. The Labute approximate surface area is 170 Å². The van der Waals surface area contributed by atoms with E-state index in [9.17, 15) is 5.11 Å². The molecule has 0 saturated heterocycles. The molecule has 0 saturated carbocycles. The van der Waals surface area contributed by atoms with E-state index in [1.165, 1.54) is 83.5 Å². The van der Waals surface area contributed by atoms with Crippen LogP contribution in [0.2, 0.25) is 13.3 Å². The molecule has 156 valence electrons. The third kappa shape index (κ3) is 12.1. The number of rotatable bonds is 19. The van der Waals surface area contributed by atoms with Gasteiger partial charge >= 0.3 is 171 Å². The van der Waals surface area contributed by atoms with Crippen molar-refractivity contribution in [3.63, 3.8) is 0 Å². The molecule has 0 radical (unpaired) electrons. The molecule has 0 aliphatic carbocycles. The SMILES string of the molecule is CCCCCCCC/[C](=C/CCO)[Sn]([CH2]CCC)([CH2]CCC)[CH2]CCC. The second-order valence-electron chi connectivity index (χ2n) is 8.35. The molecular formula is C24H50OSn. The Morgan fingerprint density at radius 3 is 1.58 bits per heavy atom. The fraction of sp³-hybridized carbons (Fsp3) is 0.917. The van der Waals surface area contributed by atoms with Gasteiger partial charge in [-0.3, -0.25) is 0 Å². The normalized spacial score (nSPS) is 12.7. The zero-order valence-corrected chi connectivity index (χ0v) is 21.6. The van der Waals surface area contributed by atoms with Crippen LogP contribution in [0.3, 0.4) is 0 Å². The van der Waals surface area contributed by atoms with E-state index >= 15 is 0 Å². The maximum atomic E-state index is 9.46. The first kappa shape index (κ1) is 26.5. The van der Waals surface area contributed by atoms with Gasteiger partial charge in [-0.25, -0.2) is 0 Å². The number of hydrogen-bond donors (Lipinski definition) is 1. The van der Waals surface area contributed by atoms with Gasteiger partial charge in [-0.05, 0) is 0 Å². The van der Waals surface area contributed by atoms with E-state index < -0.39 is 18.4 Å². The fourth-order valence-electron chi connectivity index (χ4n) is 4.32. The van der Waals surface area contributed by atoms with E-state index in [1.807, 2.05) is 3.59 Å². The predicted molar refractivity (Wildman–Crippen MR) is 123 cm³/mol. The molecule has 26 heavy (non-hydrogen) atoms. The van der Waals surface area contributed by atoms with Gasteiger partial charge in [0, 0.05) is 0 Å². The number of hydrogen-bond acceptors (Lipinski definition) is 1. The van der Waals surface area contributed by atoms with Crippen LogP contribution in [0.1, 0.15) is 118 Å². The van der Waals surface area contributed by atoms with Crippen molar-refractivity contribution in [1.29, 1.82) is 0 Å². The third-order valence-corrected chi connectivity index (χ3v) is 22.4. The number of aliphatic hydroxyl groups is 1. The molecule has 0 aliphatic rings. The minimum atomic E-state index is -2.26. The van der Waals surface area contributed by atoms with Crippen LogP contribution in [0, 0.1) is 0 Å². The van der Waals surface area contributed by atoms with E-state index in [0.717, 1.165) is 6.42 Å². The standard InChI is InChI=1S/C12H23O.3C4H9.Sn/c1-2-3-4-5-6-7-8-9-10-11-12-13;3*1-3-4-2;/h10,13H,2-8,11-12H2,1H3;3*1,3-4H2,2H3;. The van der Waals surface area contributed by atoms with Crippen molar-refractivity contribution in [2.45, 2.75) is 131 Å². The third-order valence-electron chi connectivity index (χ3n) is 6.03. The van der Waals surface area contributed by atoms with Crippen LogP contribution in [0.5, 0.6) is 0 Å². The Kier molecular flexibility index (Phi) is 19.2. The quantitative estimate of drug-likeness (QED) is 0.147. The van der Waals surface area contributed by atoms with Gasteiger partial charge in [0.2, 0.25) is 0 Å². The topological polar surface area (TPSA) is 20.2 Å². The Bertz CT molecular complexity index is 302. The molecule has 0 rings (SSSR count). The predicted octanol–water partition coefficient (Wildman–Crippen LogP) is 8.43. The summed E-state index contributed by atoms with van der Waals surface area (Å²) >= 11 is -2.26. The average molecular weight is 473 g/mol. The van der Waals surface area contributed by atoms with Gasteiger partial charge in [-0.2, -0.15) is 0 Å². The van der Waals surface area contributed by atoms with E-state index in [4.69, 9.17) is 0 Å². The van der Waals surface area contributed by atoms with Crippen molar-refractivity contribution in [3.8, 4) is 0 Å². The summed E-state index contributed by atoms with van der Waals surface area (Å²) in [6.45, 7) is 9.72. The van der Waals surface area contributed by atoms with Crippen LogP contribution in [0.4, 0.5) is 0 Å². The summed E-state index contributed by atoms with van der Waals surface area (Å²) in [4.78, 5) is 0. The van der Waals surface area contributed by atoms with Crippen LogP contribution in [-0.2, 0) is 0 Å². The van der Waals surface area contributed by atoms with Gasteiger partial charge in [0.25, 0.3) is 0 Å². The van der Waals surface area contributed by atoms with Gasteiger partial charge < -0.3 is 0 Å². The van der Waals surface area contributed by atoms with Crippen LogP contribution < -0.4 is 0 Å². The van der Waals surface area contributed by atoms with Crippen molar-refractivity contribution in [3.05, 3.63) is 9.67 Å². The monoisotopic (exact) mass is 474 g/mol. The molecule has 0 heterocycles. The van der Waals surface area contributed by atoms with Gasteiger partial charge in [-0.15, -0.1) is 0 Å². The summed E-state index contributed by atoms with van der Waals surface area (Å²) < 4.78 is 6.62. The van der Waals surface area contributed by atoms with Crippen molar-refractivity contribution < 1.29 is 5.11 Å². The first-order valence-electron chi connectivity index (χ1n) is 12.0. The van der Waals surface area contributed by atoms with Crippen molar-refractivity contribution in [2.75, 3.05) is 6.61 Å². The van der Waals surface area contributed by atoms with Gasteiger partial charge in [-0.1, -0.05) is 0 Å². The minimum absolute atomic E-state index is 0.331. The second kappa shape index (κ2) is 18.8.